The zero-order valence-electron chi connectivity index (χ0n) is 18.7. The van der Waals surface area contributed by atoms with Gasteiger partial charge in [0.25, 0.3) is 0 Å². The number of anilines is 2. The summed E-state index contributed by atoms with van der Waals surface area (Å²) >= 11 is 5.93. The van der Waals surface area contributed by atoms with Gasteiger partial charge in [-0.05, 0) is 48.9 Å². The number of nitrogens with zero attached hydrogens (tertiary/aromatic N) is 2. The highest BCUT2D eigenvalue weighted by molar-refractivity contribution is 6.30. The average molecular weight is 457 g/mol. The number of aliphatic hydroxyl groups is 1. The maximum atomic E-state index is 11.9. The number of aliphatic hydroxyl groups excluding tert-OH is 1. The van der Waals surface area contributed by atoms with E-state index in [0.29, 0.717) is 23.1 Å². The lowest BCUT2D eigenvalue weighted by molar-refractivity contribution is -0.142. The van der Waals surface area contributed by atoms with Crippen molar-refractivity contribution in [3.8, 4) is 5.69 Å². The second kappa shape index (κ2) is 10.1. The SMILES string of the molecule is CCOC(=O)Cc1cccc(-n2nc(C(C)(C)C)cc2NC(O)Nc2ccc(Cl)cc2)c1. The monoisotopic (exact) mass is 456 g/mol. The first-order chi connectivity index (χ1) is 15.2. The van der Waals surface area contributed by atoms with Crippen LogP contribution in [0, 0.1) is 0 Å². The lowest BCUT2D eigenvalue weighted by atomic mass is 9.92. The third-order valence-corrected chi connectivity index (χ3v) is 4.97. The normalized spacial score (nSPS) is 12.3. The van der Waals surface area contributed by atoms with Crippen LogP contribution in [-0.2, 0) is 21.4 Å². The van der Waals surface area contributed by atoms with Crippen molar-refractivity contribution in [1.82, 2.24) is 9.78 Å². The molecule has 0 aliphatic heterocycles. The van der Waals surface area contributed by atoms with Gasteiger partial charge in [0.1, 0.15) is 5.82 Å². The molecule has 7 nitrogen and oxygen atoms in total. The number of halogens is 1. The lowest BCUT2D eigenvalue weighted by Crippen LogP contribution is -2.29. The van der Waals surface area contributed by atoms with Crippen LogP contribution < -0.4 is 10.6 Å². The van der Waals surface area contributed by atoms with Crippen molar-refractivity contribution in [2.75, 3.05) is 17.2 Å². The van der Waals surface area contributed by atoms with Crippen LogP contribution in [0.2, 0.25) is 5.02 Å². The predicted octanol–water partition coefficient (Wildman–Crippen LogP) is 4.73. The van der Waals surface area contributed by atoms with Gasteiger partial charge >= 0.3 is 5.97 Å². The molecule has 2 aromatic carbocycles. The number of hydrogen-bond acceptors (Lipinski definition) is 6. The first-order valence-corrected chi connectivity index (χ1v) is 10.9. The van der Waals surface area contributed by atoms with E-state index >= 15 is 0 Å². The molecule has 1 heterocycles. The van der Waals surface area contributed by atoms with Gasteiger partial charge in [-0.3, -0.25) is 4.79 Å². The smallest absolute Gasteiger partial charge is 0.310 e. The molecule has 3 aromatic rings. The standard InChI is InChI=1S/C24H29ClN4O3/c1-5-32-22(30)14-16-7-6-8-19(13-16)29-21(15-20(28-29)24(2,3)4)27-23(31)26-18-11-9-17(25)10-12-18/h6-13,15,23,26-27,31H,5,14H2,1-4H3. The van der Waals surface area contributed by atoms with Crippen molar-refractivity contribution < 1.29 is 14.6 Å². The highest BCUT2D eigenvalue weighted by atomic mass is 35.5. The highest BCUT2D eigenvalue weighted by Gasteiger charge is 2.22. The summed E-state index contributed by atoms with van der Waals surface area (Å²) in [5.74, 6) is 0.332. The van der Waals surface area contributed by atoms with Gasteiger partial charge in [0.15, 0.2) is 0 Å². The van der Waals surface area contributed by atoms with E-state index in [-0.39, 0.29) is 17.8 Å². The molecule has 0 spiro atoms. The average Bonchev–Trinajstić information content (AvgIpc) is 3.14. The van der Waals surface area contributed by atoms with E-state index in [2.05, 4.69) is 31.4 Å². The second-order valence-electron chi connectivity index (χ2n) is 8.43. The quantitative estimate of drug-likeness (QED) is 0.335. The van der Waals surface area contributed by atoms with Crippen LogP contribution in [0.25, 0.3) is 5.69 Å². The summed E-state index contributed by atoms with van der Waals surface area (Å²) in [6.07, 6.45) is -0.888. The number of nitrogens with one attached hydrogen (secondary N) is 2. The van der Waals surface area contributed by atoms with Gasteiger partial charge in [-0.25, -0.2) is 4.68 Å². The Morgan fingerprint density at radius 1 is 1.16 bits per heavy atom. The molecule has 0 saturated heterocycles. The van der Waals surface area contributed by atoms with Crippen molar-refractivity contribution >= 4 is 29.1 Å². The van der Waals surface area contributed by atoms with Crippen LogP contribution in [0.5, 0.6) is 0 Å². The van der Waals surface area contributed by atoms with Crippen LogP contribution >= 0.6 is 11.6 Å². The summed E-state index contributed by atoms with van der Waals surface area (Å²) in [5, 5.41) is 22.0. The first kappa shape index (κ1) is 23.6. The summed E-state index contributed by atoms with van der Waals surface area (Å²) in [6, 6.07) is 16.5. The van der Waals surface area contributed by atoms with E-state index in [1.54, 1.807) is 35.9 Å². The third-order valence-electron chi connectivity index (χ3n) is 4.72. The number of carbonyl (C=O) groups is 1. The summed E-state index contributed by atoms with van der Waals surface area (Å²) in [6.45, 7) is 8.35. The van der Waals surface area contributed by atoms with Gasteiger partial charge in [0, 0.05) is 22.2 Å². The molecule has 0 amide bonds. The van der Waals surface area contributed by atoms with E-state index in [1.807, 2.05) is 30.3 Å². The van der Waals surface area contributed by atoms with E-state index in [1.165, 1.54) is 0 Å². The Balaban J connectivity index is 1.88. The van der Waals surface area contributed by atoms with Gasteiger partial charge in [0.2, 0.25) is 6.35 Å². The fraction of sp³-hybridized carbons (Fsp3) is 0.333. The summed E-state index contributed by atoms with van der Waals surface area (Å²) in [5.41, 5.74) is 2.96. The molecule has 0 aliphatic rings. The summed E-state index contributed by atoms with van der Waals surface area (Å²) in [4.78, 5) is 11.9. The van der Waals surface area contributed by atoms with Crippen molar-refractivity contribution in [3.63, 3.8) is 0 Å². The molecular weight excluding hydrogens is 428 g/mol. The van der Waals surface area contributed by atoms with Gasteiger partial charge in [-0.1, -0.05) is 44.5 Å². The lowest BCUT2D eigenvalue weighted by Gasteiger charge is -2.18. The number of benzene rings is 2. The van der Waals surface area contributed by atoms with E-state index in [4.69, 9.17) is 21.4 Å². The Hall–Kier alpha value is -3.03. The fourth-order valence-corrected chi connectivity index (χ4v) is 3.23. The van der Waals surface area contributed by atoms with Crippen LogP contribution in [0.3, 0.4) is 0 Å². The number of hydrogen-bond donors (Lipinski definition) is 3. The Bertz CT molecular complexity index is 1060. The van der Waals surface area contributed by atoms with Crippen molar-refractivity contribution in [2.45, 2.75) is 45.9 Å². The van der Waals surface area contributed by atoms with E-state index < -0.39 is 6.35 Å². The molecule has 170 valence electrons. The van der Waals surface area contributed by atoms with Gasteiger partial charge in [-0.2, -0.15) is 5.10 Å². The minimum atomic E-state index is -1.07. The Morgan fingerprint density at radius 2 is 1.88 bits per heavy atom. The van der Waals surface area contributed by atoms with Crippen LogP contribution in [0.1, 0.15) is 39.0 Å². The molecule has 8 heteroatoms. The maximum absolute atomic E-state index is 11.9. The van der Waals surface area contributed by atoms with Crippen molar-refractivity contribution in [2.24, 2.45) is 0 Å². The molecule has 3 N–H and O–H groups in total. The molecule has 3 rings (SSSR count). The molecule has 0 radical (unpaired) electrons. The Labute approximate surface area is 193 Å². The summed E-state index contributed by atoms with van der Waals surface area (Å²) < 4.78 is 6.78. The number of ether oxygens (including phenoxy) is 1. The number of carbonyl (C=O) groups excluding carboxylic acids is 1. The Morgan fingerprint density at radius 3 is 2.53 bits per heavy atom. The molecule has 0 saturated carbocycles. The van der Waals surface area contributed by atoms with Crippen LogP contribution in [0.4, 0.5) is 11.5 Å². The molecule has 1 unspecified atom stereocenters. The number of aromatic nitrogens is 2. The van der Waals surface area contributed by atoms with E-state index in [9.17, 15) is 9.90 Å². The van der Waals surface area contributed by atoms with Crippen molar-refractivity contribution in [3.05, 3.63) is 70.9 Å². The number of rotatable bonds is 8. The minimum Gasteiger partial charge on any atom is -0.466 e. The fourth-order valence-electron chi connectivity index (χ4n) is 3.10. The third kappa shape index (κ3) is 6.24. The van der Waals surface area contributed by atoms with Gasteiger partial charge in [-0.15, -0.1) is 0 Å². The van der Waals surface area contributed by atoms with E-state index in [0.717, 1.165) is 16.9 Å². The topological polar surface area (TPSA) is 88.4 Å². The highest BCUT2D eigenvalue weighted by Crippen LogP contribution is 2.27. The van der Waals surface area contributed by atoms with Gasteiger partial charge < -0.3 is 20.5 Å². The maximum Gasteiger partial charge on any atom is 0.310 e. The Kier molecular flexibility index (Phi) is 7.43. The molecule has 1 aromatic heterocycles. The molecule has 32 heavy (non-hydrogen) atoms. The summed E-state index contributed by atoms with van der Waals surface area (Å²) in [7, 11) is 0. The van der Waals surface area contributed by atoms with Gasteiger partial charge in [0.05, 0.1) is 24.4 Å². The molecule has 0 bridgehead atoms. The zero-order valence-corrected chi connectivity index (χ0v) is 19.5. The molecular formula is C24H29ClN4O3. The second-order valence-corrected chi connectivity index (χ2v) is 8.86. The molecule has 0 aliphatic carbocycles. The van der Waals surface area contributed by atoms with Crippen LogP contribution in [0.15, 0.2) is 54.6 Å². The predicted molar refractivity (Wildman–Crippen MR) is 127 cm³/mol. The van der Waals surface area contributed by atoms with Crippen LogP contribution in [-0.4, -0.2) is 33.8 Å². The minimum absolute atomic E-state index is 0.179. The number of esters is 1. The molecule has 0 fully saturated rings. The molecule has 1 atom stereocenters. The first-order valence-electron chi connectivity index (χ1n) is 10.5. The zero-order chi connectivity index (χ0) is 23.3. The van der Waals surface area contributed by atoms with Crippen molar-refractivity contribution in [1.29, 1.82) is 0 Å². The largest absolute Gasteiger partial charge is 0.466 e.